The molecule has 0 aliphatic heterocycles. The minimum Gasteiger partial charge on any atom is -0.467 e. The molecule has 0 radical (unpaired) electrons. The molecule has 112 valence electrons. The lowest BCUT2D eigenvalue weighted by Gasteiger charge is -2.21. The zero-order chi connectivity index (χ0) is 14.9. The maximum atomic E-state index is 12.0. The van der Waals surface area contributed by atoms with E-state index in [1.54, 1.807) is 12.3 Å². The summed E-state index contributed by atoms with van der Waals surface area (Å²) < 4.78 is 5.18. The van der Waals surface area contributed by atoms with Gasteiger partial charge in [-0.3, -0.25) is 9.69 Å². The molecule has 2 rings (SSSR count). The van der Waals surface area contributed by atoms with E-state index in [4.69, 9.17) is 10.2 Å². The maximum Gasteiger partial charge on any atom is 0.234 e. The third-order valence-electron chi connectivity index (χ3n) is 3.10. The summed E-state index contributed by atoms with van der Waals surface area (Å²) in [5, 5.41) is 2.84. The van der Waals surface area contributed by atoms with E-state index in [1.165, 1.54) is 5.56 Å². The SMILES string of the molecule is NCCN(CC(=O)NCc1ccco1)Cc1ccccc1. The molecular formula is C16H21N3O2. The number of nitrogens with one attached hydrogen (secondary N) is 1. The largest absolute Gasteiger partial charge is 0.467 e. The van der Waals surface area contributed by atoms with Crippen LogP contribution in [0.1, 0.15) is 11.3 Å². The van der Waals surface area contributed by atoms with E-state index in [0.717, 1.165) is 5.76 Å². The standard InChI is InChI=1S/C16H21N3O2/c17-8-9-19(12-14-5-2-1-3-6-14)13-16(20)18-11-15-7-4-10-21-15/h1-7,10H,8-9,11-13,17H2,(H,18,20). The Morgan fingerprint density at radius 2 is 2.00 bits per heavy atom. The molecule has 1 heterocycles. The van der Waals surface area contributed by atoms with Crippen LogP contribution in [0, 0.1) is 0 Å². The molecule has 0 aliphatic rings. The van der Waals surface area contributed by atoms with Crippen molar-refractivity contribution >= 4 is 5.91 Å². The van der Waals surface area contributed by atoms with Gasteiger partial charge in [-0.25, -0.2) is 0 Å². The first-order valence-corrected chi connectivity index (χ1v) is 7.03. The summed E-state index contributed by atoms with van der Waals surface area (Å²) in [6, 6.07) is 13.7. The van der Waals surface area contributed by atoms with Gasteiger partial charge >= 0.3 is 0 Å². The number of carbonyl (C=O) groups excluding carboxylic acids is 1. The number of hydrogen-bond donors (Lipinski definition) is 2. The van der Waals surface area contributed by atoms with Gasteiger partial charge in [-0.2, -0.15) is 0 Å². The molecule has 1 aromatic heterocycles. The van der Waals surface area contributed by atoms with Gasteiger partial charge in [0.05, 0.1) is 19.4 Å². The van der Waals surface area contributed by atoms with Gasteiger partial charge < -0.3 is 15.5 Å². The molecule has 0 aliphatic carbocycles. The van der Waals surface area contributed by atoms with E-state index < -0.39 is 0 Å². The summed E-state index contributed by atoms with van der Waals surface area (Å²) in [4.78, 5) is 14.0. The highest BCUT2D eigenvalue weighted by Gasteiger charge is 2.11. The number of hydrogen-bond acceptors (Lipinski definition) is 4. The molecule has 0 unspecified atom stereocenters. The monoisotopic (exact) mass is 287 g/mol. The fraction of sp³-hybridized carbons (Fsp3) is 0.312. The van der Waals surface area contributed by atoms with Crippen molar-refractivity contribution in [2.24, 2.45) is 5.73 Å². The van der Waals surface area contributed by atoms with Crippen LogP contribution < -0.4 is 11.1 Å². The number of amides is 1. The molecular weight excluding hydrogens is 266 g/mol. The maximum absolute atomic E-state index is 12.0. The van der Waals surface area contributed by atoms with E-state index >= 15 is 0 Å². The highest BCUT2D eigenvalue weighted by atomic mass is 16.3. The molecule has 0 fully saturated rings. The third-order valence-corrected chi connectivity index (χ3v) is 3.10. The first-order chi connectivity index (χ1) is 10.3. The van der Waals surface area contributed by atoms with Crippen molar-refractivity contribution in [2.75, 3.05) is 19.6 Å². The Balaban J connectivity index is 1.82. The Kier molecular flexibility index (Phi) is 5.99. The predicted molar refractivity (Wildman–Crippen MR) is 81.3 cm³/mol. The summed E-state index contributed by atoms with van der Waals surface area (Å²) in [6.45, 7) is 2.66. The average Bonchev–Trinajstić information content (AvgIpc) is 3.00. The molecule has 1 aromatic carbocycles. The molecule has 0 atom stereocenters. The van der Waals surface area contributed by atoms with Crippen molar-refractivity contribution in [3.8, 4) is 0 Å². The Bertz CT molecular complexity index is 526. The number of furan rings is 1. The van der Waals surface area contributed by atoms with E-state index in [0.29, 0.717) is 32.7 Å². The van der Waals surface area contributed by atoms with Crippen LogP contribution in [0.15, 0.2) is 53.1 Å². The summed E-state index contributed by atoms with van der Waals surface area (Å²) in [5.41, 5.74) is 6.79. The van der Waals surface area contributed by atoms with Crippen molar-refractivity contribution in [1.29, 1.82) is 0 Å². The number of carbonyl (C=O) groups is 1. The second-order valence-corrected chi connectivity index (χ2v) is 4.84. The highest BCUT2D eigenvalue weighted by molar-refractivity contribution is 5.77. The van der Waals surface area contributed by atoms with E-state index in [2.05, 4.69) is 5.32 Å². The number of nitrogens with two attached hydrogens (primary N) is 1. The van der Waals surface area contributed by atoms with Crippen LogP contribution in [0.4, 0.5) is 0 Å². The van der Waals surface area contributed by atoms with Crippen molar-refractivity contribution in [2.45, 2.75) is 13.1 Å². The van der Waals surface area contributed by atoms with Gasteiger partial charge in [0.25, 0.3) is 0 Å². The first kappa shape index (κ1) is 15.3. The second-order valence-electron chi connectivity index (χ2n) is 4.84. The summed E-state index contributed by atoms with van der Waals surface area (Å²) in [6.07, 6.45) is 1.59. The molecule has 1 amide bonds. The van der Waals surface area contributed by atoms with Crippen LogP contribution in [0.5, 0.6) is 0 Å². The van der Waals surface area contributed by atoms with Crippen molar-refractivity contribution in [3.63, 3.8) is 0 Å². The molecule has 0 spiro atoms. The third kappa shape index (κ3) is 5.41. The number of benzene rings is 1. The predicted octanol–water partition coefficient (Wildman–Crippen LogP) is 1.36. The Hall–Kier alpha value is -2.11. The average molecular weight is 287 g/mol. The fourth-order valence-electron chi connectivity index (χ4n) is 2.10. The van der Waals surface area contributed by atoms with E-state index in [-0.39, 0.29) is 5.91 Å². The Labute approximate surface area is 124 Å². The lowest BCUT2D eigenvalue weighted by atomic mass is 10.2. The molecule has 0 saturated heterocycles. The summed E-state index contributed by atoms with van der Waals surface area (Å²) in [7, 11) is 0. The van der Waals surface area contributed by atoms with Gasteiger partial charge in [0.1, 0.15) is 5.76 Å². The van der Waals surface area contributed by atoms with Crippen molar-refractivity contribution in [1.82, 2.24) is 10.2 Å². The molecule has 2 aromatic rings. The molecule has 5 nitrogen and oxygen atoms in total. The van der Waals surface area contributed by atoms with Crippen LogP contribution in [-0.2, 0) is 17.9 Å². The van der Waals surface area contributed by atoms with Gasteiger partial charge in [-0.05, 0) is 17.7 Å². The van der Waals surface area contributed by atoms with Crippen molar-refractivity contribution < 1.29 is 9.21 Å². The van der Waals surface area contributed by atoms with Crippen LogP contribution in [0.25, 0.3) is 0 Å². The minimum atomic E-state index is -0.0317. The molecule has 3 N–H and O–H groups in total. The van der Waals surface area contributed by atoms with Gasteiger partial charge in [-0.1, -0.05) is 30.3 Å². The Morgan fingerprint density at radius 3 is 2.67 bits per heavy atom. The first-order valence-electron chi connectivity index (χ1n) is 7.03. The smallest absolute Gasteiger partial charge is 0.234 e. The molecule has 0 saturated carbocycles. The number of nitrogens with zero attached hydrogens (tertiary/aromatic N) is 1. The molecule has 0 bridgehead atoms. The summed E-state index contributed by atoms with van der Waals surface area (Å²) >= 11 is 0. The lowest BCUT2D eigenvalue weighted by Crippen LogP contribution is -2.39. The van der Waals surface area contributed by atoms with Gasteiger partial charge in [0.2, 0.25) is 5.91 Å². The van der Waals surface area contributed by atoms with Crippen molar-refractivity contribution in [3.05, 3.63) is 60.1 Å². The van der Waals surface area contributed by atoms with Crippen LogP contribution in [-0.4, -0.2) is 30.4 Å². The minimum absolute atomic E-state index is 0.0317. The Morgan fingerprint density at radius 1 is 1.19 bits per heavy atom. The zero-order valence-corrected chi connectivity index (χ0v) is 12.0. The van der Waals surface area contributed by atoms with Crippen LogP contribution in [0.2, 0.25) is 0 Å². The van der Waals surface area contributed by atoms with Gasteiger partial charge in [0, 0.05) is 19.6 Å². The zero-order valence-electron chi connectivity index (χ0n) is 12.0. The normalized spacial score (nSPS) is 10.8. The number of rotatable bonds is 8. The molecule has 5 heteroatoms. The second kappa shape index (κ2) is 8.24. The quantitative estimate of drug-likeness (QED) is 0.769. The van der Waals surface area contributed by atoms with Crippen LogP contribution >= 0.6 is 0 Å². The lowest BCUT2D eigenvalue weighted by molar-refractivity contribution is -0.122. The fourth-order valence-corrected chi connectivity index (χ4v) is 2.10. The highest BCUT2D eigenvalue weighted by Crippen LogP contribution is 2.04. The van der Waals surface area contributed by atoms with E-state index in [1.807, 2.05) is 41.3 Å². The topological polar surface area (TPSA) is 71.5 Å². The van der Waals surface area contributed by atoms with Crippen LogP contribution in [0.3, 0.4) is 0 Å². The summed E-state index contributed by atoms with van der Waals surface area (Å²) in [5.74, 6) is 0.715. The van der Waals surface area contributed by atoms with E-state index in [9.17, 15) is 4.79 Å². The van der Waals surface area contributed by atoms with Gasteiger partial charge in [0.15, 0.2) is 0 Å². The molecule has 21 heavy (non-hydrogen) atoms. The van der Waals surface area contributed by atoms with Gasteiger partial charge in [-0.15, -0.1) is 0 Å².